The molecule has 13 heavy (non-hydrogen) atoms. The van der Waals surface area contributed by atoms with Gasteiger partial charge in [0.05, 0.1) is 5.52 Å². The Morgan fingerprint density at radius 3 is 2.85 bits per heavy atom. The van der Waals surface area contributed by atoms with E-state index < -0.39 is 0 Å². The van der Waals surface area contributed by atoms with E-state index in [2.05, 4.69) is 18.0 Å². The van der Waals surface area contributed by atoms with Crippen LogP contribution in [0.5, 0.6) is 0 Å². The fourth-order valence-corrected chi connectivity index (χ4v) is 1.58. The summed E-state index contributed by atoms with van der Waals surface area (Å²) in [6, 6.07) is 6.02. The summed E-state index contributed by atoms with van der Waals surface area (Å²) in [4.78, 5) is 4.32. The summed E-state index contributed by atoms with van der Waals surface area (Å²) in [5, 5.41) is 1.19. The van der Waals surface area contributed by atoms with Crippen molar-refractivity contribution in [1.29, 1.82) is 0 Å². The second-order valence-electron chi connectivity index (χ2n) is 3.31. The predicted octanol–water partition coefficient (Wildman–Crippen LogP) is 2.43. The van der Waals surface area contributed by atoms with Crippen LogP contribution in [0.4, 0.5) is 5.69 Å². The molecule has 0 atom stereocenters. The van der Waals surface area contributed by atoms with Gasteiger partial charge in [-0.15, -0.1) is 0 Å². The number of aromatic nitrogens is 1. The Labute approximate surface area is 77.4 Å². The van der Waals surface area contributed by atoms with Gasteiger partial charge in [0.15, 0.2) is 0 Å². The molecule has 2 heteroatoms. The van der Waals surface area contributed by atoms with E-state index in [0.717, 1.165) is 16.8 Å². The number of nitrogens with zero attached hydrogens (tertiary/aromatic N) is 1. The molecule has 0 radical (unpaired) electrons. The quantitative estimate of drug-likeness (QED) is 0.620. The summed E-state index contributed by atoms with van der Waals surface area (Å²) < 4.78 is 0. The van der Waals surface area contributed by atoms with Crippen molar-refractivity contribution < 1.29 is 0 Å². The number of pyridine rings is 1. The van der Waals surface area contributed by atoms with E-state index in [0.29, 0.717) is 0 Å². The first-order valence-corrected chi connectivity index (χ1v) is 4.30. The normalized spacial score (nSPS) is 10.6. The molecule has 2 nitrogen and oxygen atoms in total. The van der Waals surface area contributed by atoms with E-state index in [-0.39, 0.29) is 0 Å². The maximum Gasteiger partial charge on any atom is 0.0754 e. The Morgan fingerprint density at radius 2 is 2.08 bits per heavy atom. The molecule has 0 aliphatic carbocycles. The Kier molecular flexibility index (Phi) is 1.69. The van der Waals surface area contributed by atoms with Crippen molar-refractivity contribution in [2.75, 3.05) is 5.73 Å². The molecule has 0 bridgehead atoms. The Hall–Kier alpha value is -1.57. The second-order valence-corrected chi connectivity index (χ2v) is 3.31. The minimum Gasteiger partial charge on any atom is -0.398 e. The summed E-state index contributed by atoms with van der Waals surface area (Å²) in [6.45, 7) is 4.06. The monoisotopic (exact) mass is 172 g/mol. The first-order valence-electron chi connectivity index (χ1n) is 4.30. The van der Waals surface area contributed by atoms with Crippen LogP contribution in [0.2, 0.25) is 0 Å². The Morgan fingerprint density at radius 1 is 1.31 bits per heavy atom. The highest BCUT2D eigenvalue weighted by atomic mass is 14.7. The number of hydrogen-bond donors (Lipinski definition) is 1. The summed E-state index contributed by atoms with van der Waals surface area (Å²) in [6.07, 6.45) is 1.80. The topological polar surface area (TPSA) is 38.9 Å². The lowest BCUT2D eigenvalue weighted by molar-refractivity contribution is 1.35. The Balaban J connectivity index is 2.97. The van der Waals surface area contributed by atoms with Gasteiger partial charge in [0.1, 0.15) is 0 Å². The van der Waals surface area contributed by atoms with E-state index in [1.807, 2.05) is 19.1 Å². The average Bonchev–Trinajstić information content (AvgIpc) is 2.15. The fourth-order valence-electron chi connectivity index (χ4n) is 1.58. The zero-order valence-electron chi connectivity index (χ0n) is 7.83. The molecule has 0 unspecified atom stereocenters. The van der Waals surface area contributed by atoms with Crippen LogP contribution in [0.25, 0.3) is 10.9 Å². The molecule has 1 heterocycles. The van der Waals surface area contributed by atoms with Crippen LogP contribution in [0.3, 0.4) is 0 Å². The SMILES string of the molecule is Cc1cc(N)c(C)c2ncccc12. The van der Waals surface area contributed by atoms with Crippen molar-refractivity contribution in [3.8, 4) is 0 Å². The number of aryl methyl sites for hydroxylation is 2. The van der Waals surface area contributed by atoms with Crippen molar-refractivity contribution in [3.63, 3.8) is 0 Å². The summed E-state index contributed by atoms with van der Waals surface area (Å²) >= 11 is 0. The van der Waals surface area contributed by atoms with Gasteiger partial charge in [0.2, 0.25) is 0 Å². The zero-order valence-corrected chi connectivity index (χ0v) is 7.83. The van der Waals surface area contributed by atoms with Gasteiger partial charge in [-0.05, 0) is 37.1 Å². The molecule has 2 aromatic rings. The van der Waals surface area contributed by atoms with Crippen LogP contribution in [-0.2, 0) is 0 Å². The molecular formula is C11H12N2. The van der Waals surface area contributed by atoms with Crippen LogP contribution in [0.15, 0.2) is 24.4 Å². The molecular weight excluding hydrogens is 160 g/mol. The van der Waals surface area contributed by atoms with Gasteiger partial charge in [-0.25, -0.2) is 0 Å². The van der Waals surface area contributed by atoms with Gasteiger partial charge in [-0.3, -0.25) is 4.98 Å². The van der Waals surface area contributed by atoms with Crippen molar-refractivity contribution in [1.82, 2.24) is 4.98 Å². The maximum absolute atomic E-state index is 5.85. The largest absolute Gasteiger partial charge is 0.398 e. The van der Waals surface area contributed by atoms with Crippen LogP contribution < -0.4 is 5.73 Å². The molecule has 0 aliphatic rings. The minimum atomic E-state index is 0.823. The lowest BCUT2D eigenvalue weighted by Crippen LogP contribution is -1.94. The molecule has 0 saturated carbocycles. The molecule has 2 N–H and O–H groups in total. The molecule has 0 amide bonds. The zero-order chi connectivity index (χ0) is 9.42. The highest BCUT2D eigenvalue weighted by Crippen LogP contribution is 2.24. The van der Waals surface area contributed by atoms with Crippen molar-refractivity contribution in [2.45, 2.75) is 13.8 Å². The van der Waals surface area contributed by atoms with Gasteiger partial charge < -0.3 is 5.73 Å². The first-order chi connectivity index (χ1) is 6.20. The third-order valence-electron chi connectivity index (χ3n) is 2.39. The number of anilines is 1. The van der Waals surface area contributed by atoms with Gasteiger partial charge >= 0.3 is 0 Å². The van der Waals surface area contributed by atoms with Gasteiger partial charge in [-0.1, -0.05) is 6.07 Å². The molecule has 2 rings (SSSR count). The summed E-state index contributed by atoms with van der Waals surface area (Å²) in [7, 11) is 0. The highest BCUT2D eigenvalue weighted by molar-refractivity contribution is 5.88. The molecule has 1 aromatic heterocycles. The molecule has 0 saturated heterocycles. The highest BCUT2D eigenvalue weighted by Gasteiger charge is 2.03. The third kappa shape index (κ3) is 1.15. The van der Waals surface area contributed by atoms with Gasteiger partial charge in [-0.2, -0.15) is 0 Å². The molecule has 0 fully saturated rings. The van der Waals surface area contributed by atoms with Gasteiger partial charge in [0, 0.05) is 17.3 Å². The molecule has 66 valence electrons. The number of hydrogen-bond acceptors (Lipinski definition) is 2. The van der Waals surface area contributed by atoms with Crippen LogP contribution in [0.1, 0.15) is 11.1 Å². The van der Waals surface area contributed by atoms with E-state index >= 15 is 0 Å². The van der Waals surface area contributed by atoms with Crippen LogP contribution >= 0.6 is 0 Å². The van der Waals surface area contributed by atoms with E-state index in [4.69, 9.17) is 5.73 Å². The number of fused-ring (bicyclic) bond motifs is 1. The summed E-state index contributed by atoms with van der Waals surface area (Å²) in [5.74, 6) is 0. The first kappa shape index (κ1) is 8.05. The van der Waals surface area contributed by atoms with E-state index in [1.165, 1.54) is 10.9 Å². The smallest absolute Gasteiger partial charge is 0.0754 e. The molecule has 0 aliphatic heterocycles. The number of nitrogen functional groups attached to an aromatic ring is 1. The molecule has 1 aromatic carbocycles. The van der Waals surface area contributed by atoms with E-state index in [1.54, 1.807) is 6.20 Å². The second kappa shape index (κ2) is 2.73. The molecule has 0 spiro atoms. The minimum absolute atomic E-state index is 0.823. The average molecular weight is 172 g/mol. The third-order valence-corrected chi connectivity index (χ3v) is 2.39. The van der Waals surface area contributed by atoms with E-state index in [9.17, 15) is 0 Å². The van der Waals surface area contributed by atoms with Crippen LogP contribution in [-0.4, -0.2) is 4.98 Å². The lowest BCUT2D eigenvalue weighted by Gasteiger charge is -2.07. The number of benzene rings is 1. The van der Waals surface area contributed by atoms with Crippen molar-refractivity contribution >= 4 is 16.6 Å². The number of rotatable bonds is 0. The van der Waals surface area contributed by atoms with Crippen molar-refractivity contribution in [2.24, 2.45) is 0 Å². The number of nitrogens with two attached hydrogens (primary N) is 1. The van der Waals surface area contributed by atoms with Gasteiger partial charge in [0.25, 0.3) is 0 Å². The van der Waals surface area contributed by atoms with Crippen molar-refractivity contribution in [3.05, 3.63) is 35.5 Å². The maximum atomic E-state index is 5.85. The lowest BCUT2D eigenvalue weighted by atomic mass is 10.0. The summed E-state index contributed by atoms with van der Waals surface area (Å²) in [5.41, 5.74) is 9.94. The standard InChI is InChI=1S/C11H12N2/c1-7-6-10(12)8(2)11-9(7)4-3-5-13-11/h3-6H,12H2,1-2H3. The Bertz CT molecular complexity index is 461. The fraction of sp³-hybridized carbons (Fsp3) is 0.182. The predicted molar refractivity (Wildman–Crippen MR) is 55.6 cm³/mol. The van der Waals surface area contributed by atoms with Crippen LogP contribution in [0, 0.1) is 13.8 Å².